The van der Waals surface area contributed by atoms with Crippen molar-refractivity contribution in [2.75, 3.05) is 26.2 Å². The molecule has 0 spiro atoms. The average molecular weight is 384 g/mol. The first-order chi connectivity index (χ1) is 13.6. The second-order valence-electron chi connectivity index (χ2n) is 7.80. The van der Waals surface area contributed by atoms with E-state index < -0.39 is 11.9 Å². The van der Waals surface area contributed by atoms with Gasteiger partial charge in [-0.1, -0.05) is 13.0 Å². The Morgan fingerprint density at radius 3 is 2.96 bits per heavy atom. The highest BCUT2D eigenvalue weighted by molar-refractivity contribution is 6.32. The van der Waals surface area contributed by atoms with E-state index >= 15 is 0 Å². The molecular formula is C21H28N4O3. The van der Waals surface area contributed by atoms with Gasteiger partial charge >= 0.3 is 11.9 Å². The molecule has 2 atom stereocenters. The van der Waals surface area contributed by atoms with Crippen molar-refractivity contribution in [3.63, 3.8) is 0 Å². The van der Waals surface area contributed by atoms with Crippen molar-refractivity contribution in [2.45, 2.75) is 45.7 Å². The lowest BCUT2D eigenvalue weighted by molar-refractivity contribution is -0.162. The highest BCUT2D eigenvalue weighted by atomic mass is 16.5. The third-order valence-electron chi connectivity index (χ3n) is 5.80. The predicted molar refractivity (Wildman–Crippen MR) is 106 cm³/mol. The molecule has 1 saturated heterocycles. The lowest BCUT2D eigenvalue weighted by Gasteiger charge is -2.38. The summed E-state index contributed by atoms with van der Waals surface area (Å²) in [5, 5.41) is 3.40. The highest BCUT2D eigenvalue weighted by Crippen LogP contribution is 2.35. The zero-order chi connectivity index (χ0) is 19.7. The number of hydrogen-bond donors (Lipinski definition) is 1. The number of amides is 1. The molecular weight excluding hydrogens is 356 g/mol. The first kappa shape index (κ1) is 18.9. The van der Waals surface area contributed by atoms with E-state index in [1.807, 2.05) is 0 Å². The second kappa shape index (κ2) is 7.91. The van der Waals surface area contributed by atoms with Crippen LogP contribution in [0.4, 0.5) is 0 Å². The second-order valence-corrected chi connectivity index (χ2v) is 7.80. The van der Waals surface area contributed by atoms with Gasteiger partial charge in [-0.2, -0.15) is 0 Å². The Morgan fingerprint density at radius 1 is 1.29 bits per heavy atom. The third kappa shape index (κ3) is 3.51. The zero-order valence-electron chi connectivity index (χ0n) is 16.6. The number of fused-ring (bicyclic) bond motifs is 3. The largest absolute Gasteiger partial charge is 0.459 e. The number of aromatic nitrogens is 2. The topological polar surface area (TPSA) is 76.5 Å². The van der Waals surface area contributed by atoms with Crippen LogP contribution in [0, 0.1) is 5.92 Å². The summed E-state index contributed by atoms with van der Waals surface area (Å²) >= 11 is 0. The molecule has 1 N–H and O–H groups in total. The van der Waals surface area contributed by atoms with Crippen LogP contribution in [0.1, 0.15) is 44.1 Å². The van der Waals surface area contributed by atoms with Gasteiger partial charge in [0, 0.05) is 32.6 Å². The quantitative estimate of drug-likeness (QED) is 0.633. The third-order valence-corrected chi connectivity index (χ3v) is 5.80. The van der Waals surface area contributed by atoms with Crippen molar-refractivity contribution in [3.05, 3.63) is 29.6 Å². The molecule has 1 fully saturated rings. The van der Waals surface area contributed by atoms with Gasteiger partial charge in [-0.25, -0.2) is 9.78 Å². The highest BCUT2D eigenvalue weighted by Gasteiger charge is 2.35. The summed E-state index contributed by atoms with van der Waals surface area (Å²) in [4.78, 5) is 31.3. The SMILES string of the molecule is CCOC(=O)C(=O)N1C[C@@H](C)CC[C@@H]1c1ccc2c(c1)nc1n2CCNCC1. The molecule has 7 nitrogen and oxygen atoms in total. The van der Waals surface area contributed by atoms with E-state index in [1.165, 1.54) is 0 Å². The van der Waals surface area contributed by atoms with Gasteiger partial charge in [-0.05, 0) is 43.4 Å². The summed E-state index contributed by atoms with van der Waals surface area (Å²) in [7, 11) is 0. The number of carbonyl (C=O) groups excluding carboxylic acids is 2. The summed E-state index contributed by atoms with van der Waals surface area (Å²) in [6.45, 7) is 7.42. The lowest BCUT2D eigenvalue weighted by Crippen LogP contribution is -2.45. The number of nitrogens with one attached hydrogen (secondary N) is 1. The van der Waals surface area contributed by atoms with Gasteiger partial charge in [0.15, 0.2) is 0 Å². The number of likely N-dealkylation sites (tertiary alicyclic amines) is 1. The smallest absolute Gasteiger partial charge is 0.397 e. The molecule has 0 bridgehead atoms. The van der Waals surface area contributed by atoms with Crippen LogP contribution < -0.4 is 5.32 Å². The molecule has 0 radical (unpaired) electrons. The summed E-state index contributed by atoms with van der Waals surface area (Å²) in [5.74, 6) is 0.178. The molecule has 0 unspecified atom stereocenters. The van der Waals surface area contributed by atoms with E-state index in [2.05, 4.69) is 35.0 Å². The van der Waals surface area contributed by atoms with Crippen LogP contribution in [-0.4, -0.2) is 52.6 Å². The fraction of sp³-hybridized carbons (Fsp3) is 0.571. The Morgan fingerprint density at radius 2 is 2.14 bits per heavy atom. The van der Waals surface area contributed by atoms with E-state index in [0.717, 1.165) is 61.3 Å². The number of carbonyl (C=O) groups is 2. The first-order valence-corrected chi connectivity index (χ1v) is 10.3. The van der Waals surface area contributed by atoms with Crippen molar-refractivity contribution >= 4 is 22.9 Å². The Balaban J connectivity index is 1.66. The molecule has 1 aromatic carbocycles. The zero-order valence-corrected chi connectivity index (χ0v) is 16.6. The number of esters is 1. The summed E-state index contributed by atoms with van der Waals surface area (Å²) in [6, 6.07) is 6.18. The fourth-order valence-electron chi connectivity index (χ4n) is 4.39. The normalized spacial score (nSPS) is 22.6. The fourth-order valence-corrected chi connectivity index (χ4v) is 4.39. The number of rotatable bonds is 2. The average Bonchev–Trinajstić information content (AvgIpc) is 2.87. The predicted octanol–water partition coefficient (Wildman–Crippen LogP) is 2.04. The molecule has 3 heterocycles. The Kier molecular flexibility index (Phi) is 5.35. The van der Waals surface area contributed by atoms with Crippen molar-refractivity contribution in [2.24, 2.45) is 5.92 Å². The molecule has 150 valence electrons. The molecule has 1 amide bonds. The molecule has 28 heavy (non-hydrogen) atoms. The van der Waals surface area contributed by atoms with Gasteiger partial charge in [0.05, 0.1) is 23.7 Å². The van der Waals surface area contributed by atoms with Gasteiger partial charge in [-0.3, -0.25) is 4.79 Å². The number of ether oxygens (including phenoxy) is 1. The van der Waals surface area contributed by atoms with Crippen molar-refractivity contribution in [3.8, 4) is 0 Å². The maximum absolute atomic E-state index is 12.7. The van der Waals surface area contributed by atoms with Gasteiger partial charge in [0.25, 0.3) is 0 Å². The number of benzene rings is 1. The molecule has 7 heteroatoms. The van der Waals surface area contributed by atoms with Crippen LogP contribution in [-0.2, 0) is 27.3 Å². The van der Waals surface area contributed by atoms with E-state index in [1.54, 1.807) is 11.8 Å². The van der Waals surface area contributed by atoms with E-state index in [-0.39, 0.29) is 12.6 Å². The van der Waals surface area contributed by atoms with Crippen LogP contribution in [0.25, 0.3) is 11.0 Å². The number of piperidine rings is 1. The van der Waals surface area contributed by atoms with Crippen LogP contribution in [0.3, 0.4) is 0 Å². The van der Waals surface area contributed by atoms with E-state index in [0.29, 0.717) is 12.5 Å². The number of imidazole rings is 1. The van der Waals surface area contributed by atoms with Gasteiger partial charge in [0.1, 0.15) is 5.82 Å². The Bertz CT molecular complexity index is 891. The molecule has 0 aliphatic carbocycles. The van der Waals surface area contributed by atoms with Gasteiger partial charge in [0.2, 0.25) is 0 Å². The molecule has 1 aromatic heterocycles. The van der Waals surface area contributed by atoms with Crippen LogP contribution in [0.15, 0.2) is 18.2 Å². The van der Waals surface area contributed by atoms with Gasteiger partial charge < -0.3 is 19.5 Å². The molecule has 2 aliphatic heterocycles. The number of nitrogens with zero attached hydrogens (tertiary/aromatic N) is 3. The van der Waals surface area contributed by atoms with Crippen molar-refractivity contribution < 1.29 is 14.3 Å². The van der Waals surface area contributed by atoms with Crippen LogP contribution >= 0.6 is 0 Å². The minimum atomic E-state index is -0.760. The Labute approximate surface area is 165 Å². The van der Waals surface area contributed by atoms with E-state index in [4.69, 9.17) is 9.72 Å². The standard InChI is InChI=1S/C21H28N4O3/c1-3-28-21(27)20(26)25-13-14(2)4-6-17(25)15-5-7-18-16(12-15)23-19-8-9-22-10-11-24(18)19/h5,7,12,14,17,22H,3-4,6,8-11,13H2,1-2H3/t14-,17+/m0/s1. The van der Waals surface area contributed by atoms with Crippen molar-refractivity contribution in [1.82, 2.24) is 19.8 Å². The molecule has 4 rings (SSSR count). The molecule has 2 aromatic rings. The maximum Gasteiger partial charge on any atom is 0.397 e. The summed E-state index contributed by atoms with van der Waals surface area (Å²) in [6.07, 6.45) is 2.79. The summed E-state index contributed by atoms with van der Waals surface area (Å²) in [5.41, 5.74) is 3.15. The van der Waals surface area contributed by atoms with Gasteiger partial charge in [-0.15, -0.1) is 0 Å². The monoisotopic (exact) mass is 384 g/mol. The Hall–Kier alpha value is -2.41. The van der Waals surface area contributed by atoms with Crippen LogP contribution in [0.5, 0.6) is 0 Å². The minimum Gasteiger partial charge on any atom is -0.459 e. The minimum absolute atomic E-state index is 0.110. The first-order valence-electron chi connectivity index (χ1n) is 10.3. The molecule has 2 aliphatic rings. The van der Waals surface area contributed by atoms with Crippen LogP contribution in [0.2, 0.25) is 0 Å². The summed E-state index contributed by atoms with van der Waals surface area (Å²) < 4.78 is 7.24. The maximum atomic E-state index is 12.7. The lowest BCUT2D eigenvalue weighted by atomic mass is 9.89. The number of hydrogen-bond acceptors (Lipinski definition) is 5. The van der Waals surface area contributed by atoms with Crippen molar-refractivity contribution in [1.29, 1.82) is 0 Å². The molecule has 0 saturated carbocycles. The van der Waals surface area contributed by atoms with E-state index in [9.17, 15) is 9.59 Å².